The molecule has 0 N–H and O–H groups in total. The number of rotatable bonds is 6. The first-order valence-corrected chi connectivity index (χ1v) is 8.46. The highest BCUT2D eigenvalue weighted by Gasteiger charge is 2.16. The zero-order valence-electron chi connectivity index (χ0n) is 14.5. The third-order valence-corrected chi connectivity index (χ3v) is 3.95. The van der Waals surface area contributed by atoms with Gasteiger partial charge in [0.05, 0.1) is 10.9 Å². The van der Waals surface area contributed by atoms with Crippen molar-refractivity contribution in [3.05, 3.63) is 60.4 Å². The fourth-order valence-corrected chi connectivity index (χ4v) is 2.68. The van der Waals surface area contributed by atoms with Crippen LogP contribution in [-0.4, -0.2) is 29.0 Å². The smallest absolute Gasteiger partial charge is 0.264 e. The number of fused-ring (bicyclic) bond motifs is 1. The van der Waals surface area contributed by atoms with Gasteiger partial charge < -0.3 is 9.64 Å². The molecule has 0 aliphatic rings. The van der Waals surface area contributed by atoms with Crippen molar-refractivity contribution in [3.63, 3.8) is 0 Å². The second kappa shape index (κ2) is 7.75. The van der Waals surface area contributed by atoms with Crippen molar-refractivity contribution in [2.45, 2.75) is 20.3 Å². The maximum atomic E-state index is 12.6. The molecule has 0 aliphatic heterocycles. The van der Waals surface area contributed by atoms with E-state index in [1.165, 1.54) is 0 Å². The van der Waals surface area contributed by atoms with Gasteiger partial charge in [-0.2, -0.15) is 4.98 Å². The summed E-state index contributed by atoms with van der Waals surface area (Å²) in [5.41, 5.74) is 1.69. The van der Waals surface area contributed by atoms with Crippen LogP contribution in [0.3, 0.4) is 0 Å². The highest BCUT2D eigenvalue weighted by atomic mass is 16.5. The molecular formula is C20H21N3O2. The van der Waals surface area contributed by atoms with Gasteiger partial charge in [0.1, 0.15) is 5.82 Å². The van der Waals surface area contributed by atoms with Crippen LogP contribution in [0.1, 0.15) is 19.7 Å². The number of nitrogens with zero attached hydrogens (tertiary/aromatic N) is 3. The molecule has 0 unspecified atom stereocenters. The van der Waals surface area contributed by atoms with Gasteiger partial charge in [-0.3, -0.25) is 4.79 Å². The highest BCUT2D eigenvalue weighted by molar-refractivity contribution is 5.94. The van der Waals surface area contributed by atoms with E-state index in [0.717, 1.165) is 16.6 Å². The number of aromatic nitrogens is 2. The topological polar surface area (TPSA) is 55.3 Å². The molecular weight excluding hydrogens is 314 g/mol. The average Bonchev–Trinajstić information content (AvgIpc) is 2.67. The first-order valence-electron chi connectivity index (χ1n) is 8.46. The Labute approximate surface area is 147 Å². The van der Waals surface area contributed by atoms with Gasteiger partial charge in [-0.1, -0.05) is 37.3 Å². The summed E-state index contributed by atoms with van der Waals surface area (Å²) in [4.78, 5) is 23.2. The Morgan fingerprint density at radius 1 is 1.00 bits per heavy atom. The van der Waals surface area contributed by atoms with Crippen LogP contribution in [0.15, 0.2) is 54.6 Å². The Hall–Kier alpha value is -2.95. The molecule has 128 valence electrons. The number of aryl methyl sites for hydroxylation is 1. The molecule has 1 heterocycles. The largest absolute Gasteiger partial charge is 0.467 e. The minimum Gasteiger partial charge on any atom is -0.467 e. The molecule has 0 aliphatic carbocycles. The number of ether oxygens (including phenoxy) is 1. The molecule has 0 saturated heterocycles. The lowest BCUT2D eigenvalue weighted by Crippen LogP contribution is -2.34. The third-order valence-electron chi connectivity index (χ3n) is 3.95. The van der Waals surface area contributed by atoms with Crippen molar-refractivity contribution in [2.24, 2.45) is 0 Å². The summed E-state index contributed by atoms with van der Waals surface area (Å²) in [6.45, 7) is 4.46. The van der Waals surface area contributed by atoms with Gasteiger partial charge >= 0.3 is 0 Å². The van der Waals surface area contributed by atoms with E-state index in [2.05, 4.69) is 9.97 Å². The van der Waals surface area contributed by atoms with E-state index >= 15 is 0 Å². The lowest BCUT2D eigenvalue weighted by Gasteiger charge is -2.21. The summed E-state index contributed by atoms with van der Waals surface area (Å²) in [5.74, 6) is 1.06. The van der Waals surface area contributed by atoms with Gasteiger partial charge in [0.15, 0.2) is 6.61 Å². The van der Waals surface area contributed by atoms with Crippen molar-refractivity contribution in [3.8, 4) is 5.88 Å². The van der Waals surface area contributed by atoms with Gasteiger partial charge in [-0.05, 0) is 31.2 Å². The van der Waals surface area contributed by atoms with E-state index in [1.54, 1.807) is 4.90 Å². The fourth-order valence-electron chi connectivity index (χ4n) is 2.68. The van der Waals surface area contributed by atoms with Crippen LogP contribution in [0, 0.1) is 0 Å². The lowest BCUT2D eigenvalue weighted by atomic mass is 10.2. The van der Waals surface area contributed by atoms with E-state index in [-0.39, 0.29) is 12.5 Å². The van der Waals surface area contributed by atoms with Gasteiger partial charge in [-0.15, -0.1) is 0 Å². The van der Waals surface area contributed by atoms with Crippen molar-refractivity contribution in [2.75, 3.05) is 18.1 Å². The van der Waals surface area contributed by atoms with E-state index in [9.17, 15) is 4.79 Å². The van der Waals surface area contributed by atoms with Crippen molar-refractivity contribution >= 4 is 22.5 Å². The lowest BCUT2D eigenvalue weighted by molar-refractivity contribution is -0.120. The van der Waals surface area contributed by atoms with Crippen LogP contribution in [0.4, 0.5) is 5.69 Å². The number of hydrogen-bond acceptors (Lipinski definition) is 4. The molecule has 0 fully saturated rings. The minimum atomic E-state index is -0.102. The summed E-state index contributed by atoms with van der Waals surface area (Å²) >= 11 is 0. The summed E-state index contributed by atoms with van der Waals surface area (Å²) in [6.07, 6.45) is 0.709. The molecule has 25 heavy (non-hydrogen) atoms. The fraction of sp³-hybridized carbons (Fsp3) is 0.250. The number of benzene rings is 2. The second-order valence-electron chi connectivity index (χ2n) is 5.58. The van der Waals surface area contributed by atoms with Crippen molar-refractivity contribution in [1.29, 1.82) is 0 Å². The number of para-hydroxylation sites is 2. The first kappa shape index (κ1) is 16.9. The predicted octanol–water partition coefficient (Wildman–Crippen LogP) is 3.62. The average molecular weight is 335 g/mol. The van der Waals surface area contributed by atoms with E-state index in [1.807, 2.05) is 68.4 Å². The van der Waals surface area contributed by atoms with Crippen LogP contribution in [0.5, 0.6) is 5.88 Å². The van der Waals surface area contributed by atoms with Gasteiger partial charge in [0.25, 0.3) is 5.91 Å². The second-order valence-corrected chi connectivity index (χ2v) is 5.58. The van der Waals surface area contributed by atoms with Crippen LogP contribution in [0.25, 0.3) is 10.9 Å². The quantitative estimate of drug-likeness (QED) is 0.690. The molecule has 2 aromatic carbocycles. The Morgan fingerprint density at radius 3 is 2.44 bits per heavy atom. The summed E-state index contributed by atoms with van der Waals surface area (Å²) in [6, 6.07) is 17.3. The summed E-state index contributed by atoms with van der Waals surface area (Å²) < 4.78 is 5.79. The Kier molecular flexibility index (Phi) is 5.23. The first-order chi connectivity index (χ1) is 12.2. The standard InChI is InChI=1S/C20H21N3O2/c1-3-18-21-17-13-9-8-12-16(17)20(22-18)25-14-19(24)23(4-2)15-10-6-5-7-11-15/h5-13H,3-4,14H2,1-2H3. The molecule has 1 amide bonds. The van der Waals surface area contributed by atoms with E-state index in [4.69, 9.17) is 4.74 Å². The zero-order chi connectivity index (χ0) is 17.6. The highest BCUT2D eigenvalue weighted by Crippen LogP contribution is 2.22. The maximum absolute atomic E-state index is 12.6. The Morgan fingerprint density at radius 2 is 1.72 bits per heavy atom. The van der Waals surface area contributed by atoms with Gasteiger partial charge in [0.2, 0.25) is 5.88 Å². The number of anilines is 1. The van der Waals surface area contributed by atoms with Crippen LogP contribution in [0.2, 0.25) is 0 Å². The molecule has 3 aromatic rings. The maximum Gasteiger partial charge on any atom is 0.264 e. The van der Waals surface area contributed by atoms with Crippen molar-refractivity contribution < 1.29 is 9.53 Å². The van der Waals surface area contributed by atoms with Gasteiger partial charge in [-0.25, -0.2) is 4.98 Å². The van der Waals surface area contributed by atoms with E-state index in [0.29, 0.717) is 24.7 Å². The van der Waals surface area contributed by atoms with Crippen LogP contribution >= 0.6 is 0 Å². The van der Waals surface area contributed by atoms with Crippen molar-refractivity contribution in [1.82, 2.24) is 9.97 Å². The normalized spacial score (nSPS) is 10.6. The number of amides is 1. The summed E-state index contributed by atoms with van der Waals surface area (Å²) in [7, 11) is 0. The molecule has 5 heteroatoms. The molecule has 5 nitrogen and oxygen atoms in total. The number of hydrogen-bond donors (Lipinski definition) is 0. The van der Waals surface area contributed by atoms with Crippen LogP contribution < -0.4 is 9.64 Å². The summed E-state index contributed by atoms with van der Waals surface area (Å²) in [5, 5.41) is 0.815. The number of likely N-dealkylation sites (N-methyl/N-ethyl adjacent to an activating group) is 1. The molecule has 0 bridgehead atoms. The third kappa shape index (κ3) is 3.76. The molecule has 0 atom stereocenters. The molecule has 0 saturated carbocycles. The number of carbonyl (C=O) groups excluding carboxylic acids is 1. The Balaban J connectivity index is 1.81. The van der Waals surface area contributed by atoms with Crippen LogP contribution in [-0.2, 0) is 11.2 Å². The monoisotopic (exact) mass is 335 g/mol. The zero-order valence-corrected chi connectivity index (χ0v) is 14.5. The van der Waals surface area contributed by atoms with E-state index < -0.39 is 0 Å². The molecule has 0 radical (unpaired) electrons. The molecule has 3 rings (SSSR count). The SMILES string of the molecule is CCc1nc(OCC(=O)N(CC)c2ccccc2)c2ccccc2n1. The minimum absolute atomic E-state index is 0.0626. The molecule has 0 spiro atoms. The number of carbonyl (C=O) groups is 1. The molecule has 1 aromatic heterocycles. The Bertz CT molecular complexity index is 865. The van der Waals surface area contributed by atoms with Gasteiger partial charge in [0, 0.05) is 18.7 Å². The predicted molar refractivity (Wildman–Crippen MR) is 98.9 cm³/mol.